The molecule has 5 aromatic rings. The van der Waals surface area contributed by atoms with Crippen LogP contribution in [0.1, 0.15) is 36.4 Å². The molecule has 2 aromatic heterocycles. The van der Waals surface area contributed by atoms with E-state index in [1.807, 2.05) is 18.4 Å². The number of methoxy groups -OCH3 is 1. The highest BCUT2D eigenvalue weighted by Gasteiger charge is 2.31. The minimum atomic E-state index is -3.89. The first-order valence-corrected chi connectivity index (χ1v) is 16.8. The maximum absolute atomic E-state index is 15.5. The first-order chi connectivity index (χ1) is 21.3. The van der Waals surface area contributed by atoms with Gasteiger partial charge in [-0.2, -0.15) is 0 Å². The van der Waals surface area contributed by atoms with Crippen molar-refractivity contribution in [2.24, 2.45) is 7.05 Å². The van der Waals surface area contributed by atoms with Gasteiger partial charge in [-0.05, 0) is 54.1 Å². The van der Waals surface area contributed by atoms with Crippen LogP contribution < -0.4 is 9.30 Å². The van der Waals surface area contributed by atoms with E-state index in [4.69, 9.17) is 16.3 Å². The van der Waals surface area contributed by atoms with Crippen molar-refractivity contribution in [2.75, 3.05) is 7.11 Å². The largest absolute Gasteiger partial charge is 0.494 e. The van der Waals surface area contributed by atoms with Crippen LogP contribution in [0, 0.1) is 17.5 Å². The molecule has 0 aliphatic heterocycles. The van der Waals surface area contributed by atoms with Gasteiger partial charge in [-0.25, -0.2) is 31.1 Å². The summed E-state index contributed by atoms with van der Waals surface area (Å²) in [5, 5.41) is 0.430. The number of imidazole rings is 1. The van der Waals surface area contributed by atoms with E-state index in [1.165, 1.54) is 43.1 Å². The molecule has 0 saturated carbocycles. The Morgan fingerprint density at radius 2 is 1.73 bits per heavy atom. The first kappa shape index (κ1) is 32.6. The highest BCUT2D eigenvalue weighted by molar-refractivity contribution is 7.98. The minimum Gasteiger partial charge on any atom is -0.494 e. The Kier molecular flexibility index (Phi) is 9.34. The number of thioether (sulfide) groups is 1. The lowest BCUT2D eigenvalue weighted by atomic mass is 9.81. The summed E-state index contributed by atoms with van der Waals surface area (Å²) in [5.74, 6) is -1.86. The van der Waals surface area contributed by atoms with Gasteiger partial charge in [-0.1, -0.05) is 49.3 Å². The number of pyridine rings is 1. The number of hydrogen-bond acceptors (Lipinski definition) is 5. The van der Waals surface area contributed by atoms with Crippen molar-refractivity contribution < 1.29 is 30.9 Å². The summed E-state index contributed by atoms with van der Waals surface area (Å²) in [7, 11) is -0.765. The van der Waals surface area contributed by atoms with Crippen molar-refractivity contribution in [3.8, 4) is 11.4 Å². The van der Waals surface area contributed by atoms with E-state index in [1.54, 1.807) is 66.5 Å². The van der Waals surface area contributed by atoms with Crippen LogP contribution in [0.3, 0.4) is 0 Å². The minimum absolute atomic E-state index is 0.0289. The summed E-state index contributed by atoms with van der Waals surface area (Å²) in [4.78, 5) is 4.40. The number of ether oxygens (including phenoxy) is 1. The lowest BCUT2D eigenvalue weighted by Crippen LogP contribution is -2.34. The van der Waals surface area contributed by atoms with Gasteiger partial charge in [0.05, 0.1) is 23.9 Å². The third-order valence-corrected chi connectivity index (χ3v) is 10.6. The monoisotopic (exact) mass is 672 g/mol. The Morgan fingerprint density at radius 3 is 2.40 bits per heavy atom. The van der Waals surface area contributed by atoms with Crippen molar-refractivity contribution in [2.45, 2.75) is 40.8 Å². The van der Waals surface area contributed by atoms with E-state index in [-0.39, 0.29) is 32.7 Å². The predicted octanol–water partition coefficient (Wildman–Crippen LogP) is 7.37. The van der Waals surface area contributed by atoms with Crippen molar-refractivity contribution >= 4 is 33.2 Å². The molecule has 2 heterocycles. The Bertz CT molecular complexity index is 1960. The number of nitrogens with zero attached hydrogens (tertiary/aromatic N) is 3. The molecule has 0 atom stereocenters. The molecular formula is C33H30ClF3N3O3S2+. The summed E-state index contributed by atoms with van der Waals surface area (Å²) in [6.45, 7) is 3.88. The van der Waals surface area contributed by atoms with Crippen molar-refractivity contribution in [1.29, 1.82) is 0 Å². The van der Waals surface area contributed by atoms with Crippen LogP contribution in [0.5, 0.6) is 5.75 Å². The van der Waals surface area contributed by atoms with Crippen LogP contribution in [-0.2, 0) is 33.8 Å². The Hall–Kier alpha value is -3.80. The Labute approximate surface area is 269 Å². The summed E-state index contributed by atoms with van der Waals surface area (Å²) in [5.41, 5.74) is 1.98. The van der Waals surface area contributed by atoms with E-state index in [0.29, 0.717) is 22.2 Å². The molecule has 6 nitrogen and oxygen atoms in total. The predicted molar refractivity (Wildman–Crippen MR) is 168 cm³/mol. The number of hydrogen-bond donors (Lipinski definition) is 0. The normalized spacial score (nSPS) is 12.0. The molecular weight excluding hydrogens is 643 g/mol. The van der Waals surface area contributed by atoms with Crippen LogP contribution in [0.2, 0.25) is 5.02 Å². The molecule has 0 aliphatic rings. The molecule has 12 heteroatoms. The molecule has 0 amide bonds. The molecule has 234 valence electrons. The molecule has 0 aliphatic carbocycles. The molecule has 0 saturated heterocycles. The Balaban J connectivity index is 1.49. The highest BCUT2D eigenvalue weighted by Crippen LogP contribution is 2.39. The van der Waals surface area contributed by atoms with Crippen LogP contribution in [-0.4, -0.2) is 25.1 Å². The zero-order valence-electron chi connectivity index (χ0n) is 24.9. The van der Waals surface area contributed by atoms with Crippen LogP contribution in [0.25, 0.3) is 5.69 Å². The second-order valence-corrected chi connectivity index (χ2v) is 14.3. The molecule has 3 aromatic carbocycles. The van der Waals surface area contributed by atoms with E-state index in [0.717, 1.165) is 11.6 Å². The van der Waals surface area contributed by atoms with Gasteiger partial charge < -0.3 is 4.74 Å². The third kappa shape index (κ3) is 6.75. The number of aryl methyl sites for hydroxylation is 1. The van der Waals surface area contributed by atoms with E-state index < -0.39 is 32.7 Å². The van der Waals surface area contributed by atoms with Gasteiger partial charge in [-0.15, -0.1) is 0 Å². The SMILES string of the molecule is COc1cc(C(C)(C)c2cnc(SCc3c(F)cc(S(=O)(=O)Cc4cccc[n+]4C)cc3Cl)n2-c2ccc(F)cc2)ccc1F. The molecule has 0 bridgehead atoms. The second-order valence-electron chi connectivity index (χ2n) is 10.9. The fourth-order valence-electron chi connectivity index (χ4n) is 4.93. The summed E-state index contributed by atoms with van der Waals surface area (Å²) >= 11 is 7.66. The number of halogens is 4. The average Bonchev–Trinajstić information content (AvgIpc) is 3.43. The standard InChI is InChI=1S/C33H30ClF3N3O3S2/c1-33(2,21-8-13-28(36)30(15-21)43-4)31-18-38-32(40(31)23-11-9-22(35)10-12-23)44-19-26-27(34)16-25(17-29(26)37)45(41,42)20-24-7-5-6-14-39(24)3/h5-18H,19-20H2,1-4H3/q+1. The van der Waals surface area contributed by atoms with Gasteiger partial charge in [0.2, 0.25) is 0 Å². The molecule has 5 rings (SSSR count). The van der Waals surface area contributed by atoms with Crippen molar-refractivity contribution in [3.63, 3.8) is 0 Å². The fourth-order valence-corrected chi connectivity index (χ4v) is 7.82. The van der Waals surface area contributed by atoms with Crippen LogP contribution in [0.4, 0.5) is 13.2 Å². The van der Waals surface area contributed by atoms with Gasteiger partial charge >= 0.3 is 0 Å². The smallest absolute Gasteiger partial charge is 0.196 e. The summed E-state index contributed by atoms with van der Waals surface area (Å²) in [6.07, 6.45) is 3.40. The van der Waals surface area contributed by atoms with Crippen molar-refractivity contribution in [1.82, 2.24) is 9.55 Å². The molecule has 0 N–H and O–H groups in total. The molecule has 45 heavy (non-hydrogen) atoms. The van der Waals surface area contributed by atoms with E-state index in [9.17, 15) is 17.2 Å². The maximum atomic E-state index is 15.5. The zero-order chi connectivity index (χ0) is 32.5. The number of sulfone groups is 1. The number of benzene rings is 3. The molecule has 0 unspecified atom stereocenters. The molecule has 0 radical (unpaired) electrons. The lowest BCUT2D eigenvalue weighted by Gasteiger charge is -2.28. The molecule has 0 fully saturated rings. The highest BCUT2D eigenvalue weighted by atomic mass is 35.5. The van der Waals surface area contributed by atoms with Crippen LogP contribution >= 0.6 is 23.4 Å². The van der Waals surface area contributed by atoms with Crippen molar-refractivity contribution in [3.05, 3.63) is 130 Å². The van der Waals surface area contributed by atoms with E-state index in [2.05, 4.69) is 4.98 Å². The summed E-state index contributed by atoms with van der Waals surface area (Å²) in [6, 6.07) is 17.9. The zero-order valence-corrected chi connectivity index (χ0v) is 27.3. The topological polar surface area (TPSA) is 65.1 Å². The Morgan fingerprint density at radius 1 is 1.00 bits per heavy atom. The maximum Gasteiger partial charge on any atom is 0.196 e. The number of aromatic nitrogens is 3. The van der Waals surface area contributed by atoms with Gasteiger partial charge in [0.1, 0.15) is 24.4 Å². The van der Waals surface area contributed by atoms with Gasteiger partial charge in [-0.3, -0.25) is 4.57 Å². The average molecular weight is 673 g/mol. The number of rotatable bonds is 10. The fraction of sp³-hybridized carbons (Fsp3) is 0.212. The van der Waals surface area contributed by atoms with E-state index >= 15 is 4.39 Å². The third-order valence-electron chi connectivity index (χ3n) is 7.65. The van der Waals surface area contributed by atoms with Gasteiger partial charge in [0.25, 0.3) is 0 Å². The summed E-state index contributed by atoms with van der Waals surface area (Å²) < 4.78 is 78.6. The lowest BCUT2D eigenvalue weighted by molar-refractivity contribution is -0.678. The first-order valence-electron chi connectivity index (χ1n) is 13.8. The molecule has 0 spiro atoms. The van der Waals surface area contributed by atoms with Gasteiger partial charge in [0.15, 0.2) is 38.5 Å². The quantitative estimate of drug-likeness (QED) is 0.115. The van der Waals surface area contributed by atoms with Gasteiger partial charge in [0, 0.05) is 39.6 Å². The second kappa shape index (κ2) is 12.9. The van der Waals surface area contributed by atoms with Crippen LogP contribution in [0.15, 0.2) is 95.2 Å².